The van der Waals surface area contributed by atoms with E-state index in [1.807, 2.05) is 0 Å². The summed E-state index contributed by atoms with van der Waals surface area (Å²) in [5, 5.41) is 9.23. The van der Waals surface area contributed by atoms with E-state index < -0.39 is 0 Å². The molecule has 0 bridgehead atoms. The number of nitrogens with zero attached hydrogens (tertiary/aromatic N) is 4. The monoisotopic (exact) mass is 418 g/mol. The number of benzene rings is 1. The molecule has 2 aliphatic rings. The average molecular weight is 419 g/mol. The molecule has 0 atom stereocenters. The second-order valence-electron chi connectivity index (χ2n) is 7.27. The van der Waals surface area contributed by atoms with E-state index >= 15 is 0 Å². The third-order valence-electron chi connectivity index (χ3n) is 5.64. The van der Waals surface area contributed by atoms with E-state index in [9.17, 15) is 9.18 Å². The van der Waals surface area contributed by atoms with Crippen molar-refractivity contribution in [1.29, 1.82) is 5.26 Å². The Labute approximate surface area is 172 Å². The van der Waals surface area contributed by atoms with Crippen LogP contribution in [0.1, 0.15) is 28.8 Å². The van der Waals surface area contributed by atoms with Gasteiger partial charge >= 0.3 is 0 Å². The molecule has 8 heteroatoms. The summed E-state index contributed by atoms with van der Waals surface area (Å²) >= 11 is 11.9. The number of amides is 1. The van der Waals surface area contributed by atoms with Gasteiger partial charge in [-0.2, -0.15) is 5.26 Å². The third kappa shape index (κ3) is 3.35. The molecule has 2 aromatic rings. The summed E-state index contributed by atoms with van der Waals surface area (Å²) in [4.78, 5) is 20.9. The molecule has 0 N–H and O–H groups in total. The first-order valence-electron chi connectivity index (χ1n) is 8.96. The number of hydrogen-bond donors (Lipinski definition) is 0. The van der Waals surface area contributed by atoms with Crippen LogP contribution in [0.4, 0.5) is 10.1 Å². The Morgan fingerprint density at radius 3 is 2.54 bits per heavy atom. The highest BCUT2D eigenvalue weighted by molar-refractivity contribution is 6.33. The van der Waals surface area contributed by atoms with Crippen molar-refractivity contribution in [1.82, 2.24) is 9.88 Å². The van der Waals surface area contributed by atoms with Crippen LogP contribution in [0.15, 0.2) is 30.3 Å². The fraction of sp³-hybridized carbons (Fsp3) is 0.350. The van der Waals surface area contributed by atoms with Gasteiger partial charge in [0.1, 0.15) is 16.1 Å². The van der Waals surface area contributed by atoms with Gasteiger partial charge in [0.25, 0.3) is 5.91 Å². The quantitative estimate of drug-likeness (QED) is 0.545. The lowest BCUT2D eigenvalue weighted by Crippen LogP contribution is -2.46. The van der Waals surface area contributed by atoms with Crippen molar-refractivity contribution in [3.63, 3.8) is 0 Å². The highest BCUT2D eigenvalue weighted by Gasteiger charge is 2.46. The second-order valence-corrected chi connectivity index (χ2v) is 8.04. The van der Waals surface area contributed by atoms with Crippen molar-refractivity contribution in [3.8, 4) is 6.07 Å². The van der Waals surface area contributed by atoms with Crippen LogP contribution in [0.25, 0.3) is 0 Å². The minimum absolute atomic E-state index is 0.147. The van der Waals surface area contributed by atoms with Gasteiger partial charge in [0.2, 0.25) is 0 Å². The smallest absolute Gasteiger partial charge is 0.258 e. The summed E-state index contributed by atoms with van der Waals surface area (Å²) in [6, 6.07) is 9.71. The second kappa shape index (κ2) is 7.32. The van der Waals surface area contributed by atoms with Gasteiger partial charge in [0, 0.05) is 36.3 Å². The summed E-state index contributed by atoms with van der Waals surface area (Å²) in [6.07, 6.45) is 1.51. The van der Waals surface area contributed by atoms with E-state index in [2.05, 4.69) is 16.0 Å². The molecule has 144 valence electrons. The van der Waals surface area contributed by atoms with Gasteiger partial charge < -0.3 is 4.90 Å². The molecular weight excluding hydrogens is 402 g/mol. The van der Waals surface area contributed by atoms with E-state index in [0.29, 0.717) is 24.3 Å². The maximum Gasteiger partial charge on any atom is 0.258 e. The van der Waals surface area contributed by atoms with Gasteiger partial charge in [-0.05, 0) is 48.7 Å². The largest absolute Gasteiger partial charge is 0.307 e. The summed E-state index contributed by atoms with van der Waals surface area (Å²) in [7, 11) is 0. The maximum atomic E-state index is 14.1. The van der Waals surface area contributed by atoms with E-state index in [0.717, 1.165) is 31.5 Å². The van der Waals surface area contributed by atoms with Gasteiger partial charge in [0.05, 0.1) is 12.6 Å². The SMILES string of the molecule is N#CCN1CCC2(CC1)CN(C(=O)c1cc(Cl)nc(Cl)c1)c1ccc(F)cc12. The van der Waals surface area contributed by atoms with Gasteiger partial charge in [-0.25, -0.2) is 9.37 Å². The van der Waals surface area contributed by atoms with Crippen LogP contribution in [0.2, 0.25) is 10.3 Å². The van der Waals surface area contributed by atoms with E-state index in [1.54, 1.807) is 11.0 Å². The number of pyridine rings is 1. The number of halogens is 3. The number of carbonyl (C=O) groups excluding carboxylic acids is 1. The third-order valence-corrected chi connectivity index (χ3v) is 6.03. The van der Waals surface area contributed by atoms with Crippen molar-refractivity contribution >= 4 is 34.8 Å². The minimum atomic E-state index is -0.320. The van der Waals surface area contributed by atoms with E-state index in [1.165, 1.54) is 24.3 Å². The van der Waals surface area contributed by atoms with Gasteiger partial charge in [-0.1, -0.05) is 23.2 Å². The van der Waals surface area contributed by atoms with Crippen LogP contribution in [0.3, 0.4) is 0 Å². The molecule has 1 spiro atoms. The van der Waals surface area contributed by atoms with Gasteiger partial charge in [0.15, 0.2) is 0 Å². The van der Waals surface area contributed by atoms with Crippen molar-refractivity contribution < 1.29 is 9.18 Å². The van der Waals surface area contributed by atoms with E-state index in [-0.39, 0.29) is 27.4 Å². The van der Waals surface area contributed by atoms with Crippen LogP contribution in [0, 0.1) is 17.1 Å². The van der Waals surface area contributed by atoms with Crippen molar-refractivity contribution in [2.45, 2.75) is 18.3 Å². The lowest BCUT2D eigenvalue weighted by molar-refractivity contribution is 0.0978. The van der Waals surface area contributed by atoms with Gasteiger partial charge in [-0.15, -0.1) is 0 Å². The normalized spacial score (nSPS) is 18.1. The lowest BCUT2D eigenvalue weighted by Gasteiger charge is -2.39. The Hall–Kier alpha value is -2.20. The fourth-order valence-corrected chi connectivity index (χ4v) is 4.69. The van der Waals surface area contributed by atoms with Crippen LogP contribution in [-0.2, 0) is 5.41 Å². The number of piperidine rings is 1. The summed E-state index contributed by atoms with van der Waals surface area (Å²) in [5.41, 5.74) is 1.59. The Morgan fingerprint density at radius 1 is 1.21 bits per heavy atom. The molecule has 1 saturated heterocycles. The molecule has 0 radical (unpaired) electrons. The molecule has 0 unspecified atom stereocenters. The molecule has 0 saturated carbocycles. The van der Waals surface area contributed by atoms with Crippen LogP contribution >= 0.6 is 23.2 Å². The van der Waals surface area contributed by atoms with Crippen molar-refractivity contribution in [2.75, 3.05) is 31.1 Å². The number of likely N-dealkylation sites (tertiary alicyclic amines) is 1. The molecule has 3 heterocycles. The number of nitriles is 1. The molecule has 5 nitrogen and oxygen atoms in total. The Balaban J connectivity index is 1.70. The van der Waals surface area contributed by atoms with Crippen LogP contribution < -0.4 is 4.90 Å². The Morgan fingerprint density at radius 2 is 1.89 bits per heavy atom. The predicted molar refractivity (Wildman–Crippen MR) is 105 cm³/mol. The molecule has 2 aliphatic heterocycles. The molecule has 4 rings (SSSR count). The molecule has 1 aromatic carbocycles. The summed E-state index contributed by atoms with van der Waals surface area (Å²) < 4.78 is 14.1. The standard InChI is InChI=1S/C20H17Cl2FN4O/c21-17-9-13(10-18(22)25-17)19(28)27-12-20(3-6-26(7-4-20)8-5-24)15-11-14(23)1-2-16(15)27/h1-2,9-11H,3-4,6-8,12H2. The van der Waals surface area contributed by atoms with E-state index in [4.69, 9.17) is 28.5 Å². The van der Waals surface area contributed by atoms with Gasteiger partial charge in [-0.3, -0.25) is 9.69 Å². The fourth-order valence-electron chi connectivity index (χ4n) is 4.23. The number of anilines is 1. The zero-order valence-corrected chi connectivity index (χ0v) is 16.5. The zero-order chi connectivity index (χ0) is 19.9. The summed E-state index contributed by atoms with van der Waals surface area (Å²) in [5.74, 6) is -0.558. The number of carbonyl (C=O) groups is 1. The van der Waals surface area contributed by atoms with Crippen molar-refractivity contribution in [2.24, 2.45) is 0 Å². The maximum absolute atomic E-state index is 14.1. The summed E-state index contributed by atoms with van der Waals surface area (Å²) in [6.45, 7) is 2.31. The number of hydrogen-bond acceptors (Lipinski definition) is 4. The highest BCUT2D eigenvalue weighted by Crippen LogP contribution is 2.47. The highest BCUT2D eigenvalue weighted by atomic mass is 35.5. The number of aromatic nitrogens is 1. The average Bonchev–Trinajstić information content (AvgIpc) is 2.96. The molecule has 1 amide bonds. The first-order valence-corrected chi connectivity index (χ1v) is 9.72. The Bertz CT molecular complexity index is 962. The molecule has 28 heavy (non-hydrogen) atoms. The van der Waals surface area contributed by atoms with Crippen LogP contribution in [-0.4, -0.2) is 42.0 Å². The topological polar surface area (TPSA) is 60.2 Å². The number of fused-ring (bicyclic) bond motifs is 2. The minimum Gasteiger partial charge on any atom is -0.307 e. The molecule has 0 aliphatic carbocycles. The van der Waals surface area contributed by atoms with Crippen LogP contribution in [0.5, 0.6) is 0 Å². The van der Waals surface area contributed by atoms with Crippen molar-refractivity contribution in [3.05, 3.63) is 57.6 Å². The first kappa shape index (κ1) is 19.1. The molecule has 1 fully saturated rings. The molecule has 1 aromatic heterocycles. The number of rotatable bonds is 2. The zero-order valence-electron chi connectivity index (χ0n) is 15.0. The predicted octanol–water partition coefficient (Wildman–Crippen LogP) is 4.05. The Kier molecular flexibility index (Phi) is 5.00. The molecular formula is C20H17Cl2FN4O. The first-order chi connectivity index (χ1) is 13.4. The lowest BCUT2D eigenvalue weighted by atomic mass is 9.74.